The van der Waals surface area contributed by atoms with Crippen molar-refractivity contribution in [3.05, 3.63) is 71.3 Å². The lowest BCUT2D eigenvalue weighted by atomic mass is 10.00. The van der Waals surface area contributed by atoms with Crippen LogP contribution in [0.25, 0.3) is 0 Å². The first kappa shape index (κ1) is 30.4. The number of alkyl carbamates (subject to hydrolysis) is 1. The first-order valence-corrected chi connectivity index (χ1v) is 13.2. The van der Waals surface area contributed by atoms with Crippen LogP contribution in [0.4, 0.5) is 14.4 Å². The molecule has 0 unspecified atom stereocenters. The van der Waals surface area contributed by atoms with Crippen molar-refractivity contribution in [2.24, 2.45) is 0 Å². The zero-order valence-electron chi connectivity index (χ0n) is 23.9. The molecule has 1 aliphatic heterocycles. The van der Waals surface area contributed by atoms with E-state index in [4.69, 9.17) is 25.4 Å². The third kappa shape index (κ3) is 9.23. The quantitative estimate of drug-likeness (QED) is 0.290. The summed E-state index contributed by atoms with van der Waals surface area (Å²) in [4.78, 5) is 40.3. The van der Waals surface area contributed by atoms with Gasteiger partial charge in [-0.1, -0.05) is 48.4 Å². The van der Waals surface area contributed by atoms with Crippen LogP contribution in [0.1, 0.15) is 58.2 Å². The molecule has 9 nitrogen and oxygen atoms in total. The van der Waals surface area contributed by atoms with Gasteiger partial charge in [-0.3, -0.25) is 4.90 Å². The van der Waals surface area contributed by atoms with Gasteiger partial charge in [-0.15, -0.1) is 6.42 Å². The number of nitrogens with one attached hydrogen (secondary N) is 1. The molecular formula is C31H38N2O7. The summed E-state index contributed by atoms with van der Waals surface area (Å²) in [5.41, 5.74) is 0.853. The molecule has 2 aromatic rings. The zero-order valence-corrected chi connectivity index (χ0v) is 23.9. The summed E-state index contributed by atoms with van der Waals surface area (Å²) in [5.74, 6) is 2.58. The Balaban J connectivity index is 1.90. The third-order valence-electron chi connectivity index (χ3n) is 5.88. The molecule has 0 aromatic heterocycles. The molecule has 2 aromatic carbocycles. The maximum absolute atomic E-state index is 13.3. The smallest absolute Gasteiger partial charge is 0.444 e. The van der Waals surface area contributed by atoms with E-state index in [0.717, 1.165) is 11.1 Å². The molecule has 0 spiro atoms. The Morgan fingerprint density at radius 3 is 2.10 bits per heavy atom. The van der Waals surface area contributed by atoms with E-state index in [-0.39, 0.29) is 19.5 Å². The van der Waals surface area contributed by atoms with Crippen LogP contribution in [0.3, 0.4) is 0 Å². The number of likely N-dealkylation sites (tertiary alicyclic amines) is 1. The van der Waals surface area contributed by atoms with Crippen molar-refractivity contribution in [2.75, 3.05) is 6.54 Å². The molecule has 0 aliphatic carbocycles. The summed E-state index contributed by atoms with van der Waals surface area (Å²) in [6, 6.07) is 15.9. The number of hydrogen-bond acceptors (Lipinski definition) is 7. The van der Waals surface area contributed by atoms with Gasteiger partial charge in [-0.25, -0.2) is 14.4 Å². The van der Waals surface area contributed by atoms with Gasteiger partial charge in [-0.2, -0.15) is 0 Å². The predicted molar refractivity (Wildman–Crippen MR) is 149 cm³/mol. The van der Waals surface area contributed by atoms with Crippen molar-refractivity contribution in [1.82, 2.24) is 10.2 Å². The highest BCUT2D eigenvalue weighted by Gasteiger charge is 2.50. The minimum Gasteiger partial charge on any atom is -0.444 e. The first-order chi connectivity index (χ1) is 18.7. The average molecular weight is 551 g/mol. The Kier molecular flexibility index (Phi) is 9.69. The molecular weight excluding hydrogens is 512 g/mol. The summed E-state index contributed by atoms with van der Waals surface area (Å²) in [7, 11) is 0. The number of nitrogens with zero attached hydrogens (tertiary/aromatic N) is 1. The minimum absolute atomic E-state index is 0.0576. The van der Waals surface area contributed by atoms with Crippen LogP contribution in [0, 0.1) is 12.3 Å². The van der Waals surface area contributed by atoms with Gasteiger partial charge in [0.05, 0.1) is 12.6 Å². The summed E-state index contributed by atoms with van der Waals surface area (Å²) in [5, 5.41) is 2.73. The maximum atomic E-state index is 13.3. The lowest BCUT2D eigenvalue weighted by molar-refractivity contribution is -0.0518. The summed E-state index contributed by atoms with van der Waals surface area (Å²) >= 11 is 0. The van der Waals surface area contributed by atoms with Crippen molar-refractivity contribution in [1.29, 1.82) is 0 Å². The highest BCUT2D eigenvalue weighted by atomic mass is 16.7. The molecule has 0 saturated carbocycles. The second-order valence-corrected chi connectivity index (χ2v) is 11.6. The van der Waals surface area contributed by atoms with E-state index in [1.165, 1.54) is 4.90 Å². The Bertz CT molecular complexity index is 1210. The molecule has 3 rings (SSSR count). The van der Waals surface area contributed by atoms with Crippen LogP contribution < -0.4 is 5.32 Å². The van der Waals surface area contributed by atoms with Gasteiger partial charge in [0, 0.05) is 12.1 Å². The maximum Gasteiger partial charge on any atom is 0.509 e. The second-order valence-electron chi connectivity index (χ2n) is 11.6. The van der Waals surface area contributed by atoms with Crippen LogP contribution in [0.2, 0.25) is 0 Å². The monoisotopic (exact) mass is 550 g/mol. The van der Waals surface area contributed by atoms with E-state index in [0.29, 0.717) is 5.56 Å². The topological polar surface area (TPSA) is 103 Å². The van der Waals surface area contributed by atoms with E-state index < -0.39 is 47.8 Å². The lowest BCUT2D eigenvalue weighted by Crippen LogP contribution is -2.46. The predicted octanol–water partition coefficient (Wildman–Crippen LogP) is 5.45. The number of terminal acetylenes is 1. The molecule has 1 heterocycles. The molecule has 0 radical (unpaired) electrons. The van der Waals surface area contributed by atoms with Gasteiger partial charge in [0.25, 0.3) is 0 Å². The molecule has 1 fully saturated rings. The van der Waals surface area contributed by atoms with Crippen molar-refractivity contribution in [3.8, 4) is 12.3 Å². The molecule has 3 atom stereocenters. The van der Waals surface area contributed by atoms with E-state index in [1.807, 2.05) is 42.5 Å². The first-order valence-electron chi connectivity index (χ1n) is 13.2. The van der Waals surface area contributed by atoms with Crippen LogP contribution in [0.5, 0.6) is 0 Å². The van der Waals surface area contributed by atoms with Gasteiger partial charge in [0.15, 0.2) is 12.2 Å². The van der Waals surface area contributed by atoms with Gasteiger partial charge in [-0.05, 0) is 71.2 Å². The summed E-state index contributed by atoms with van der Waals surface area (Å²) in [6.07, 6.45) is 1.50. The number of ether oxygens (including phenoxy) is 4. The fourth-order valence-corrected chi connectivity index (χ4v) is 4.19. The van der Waals surface area contributed by atoms with Crippen LogP contribution in [-0.4, -0.2) is 59.2 Å². The second kappa shape index (κ2) is 12.8. The van der Waals surface area contributed by atoms with Gasteiger partial charge < -0.3 is 24.3 Å². The Labute approximate surface area is 236 Å². The average Bonchev–Trinajstić information content (AvgIpc) is 3.18. The molecule has 214 valence electrons. The molecule has 9 heteroatoms. The van der Waals surface area contributed by atoms with E-state index >= 15 is 0 Å². The molecule has 1 saturated heterocycles. The molecule has 0 bridgehead atoms. The molecule has 40 heavy (non-hydrogen) atoms. The van der Waals surface area contributed by atoms with Crippen LogP contribution in [-0.2, 0) is 31.9 Å². The van der Waals surface area contributed by atoms with Gasteiger partial charge in [0.1, 0.15) is 11.2 Å². The Morgan fingerprint density at radius 2 is 1.52 bits per heavy atom. The van der Waals surface area contributed by atoms with Crippen molar-refractivity contribution in [2.45, 2.75) is 84.0 Å². The standard InChI is InChI=1S/C31H38N2O7/c1-8-21-14-16-22(17-15-21)18-24-26(38-27(34)32-19-23-12-10-9-11-13-23)25(37-29(36)40-31(5,6)7)20-33(24)28(35)39-30(2,3)4/h1,9-17,24-26H,18-20H2,2-7H3,(H,32,34)/t24-,25+,26+/m1/s1. The SMILES string of the molecule is C#Cc1ccc(C[C@@H]2[C@H](OC(=O)NCc3ccccc3)[C@@H](OC(=O)OC(C)(C)C)CN2C(=O)OC(C)(C)C)cc1. The lowest BCUT2D eigenvalue weighted by Gasteiger charge is -2.30. The Hall–Kier alpha value is -4.19. The number of amides is 2. The fraction of sp³-hybridized carbons (Fsp3) is 0.452. The van der Waals surface area contributed by atoms with Gasteiger partial charge >= 0.3 is 18.3 Å². The zero-order chi connectivity index (χ0) is 29.5. The normalized spacial score (nSPS) is 18.8. The fourth-order valence-electron chi connectivity index (χ4n) is 4.19. The highest BCUT2D eigenvalue weighted by Crippen LogP contribution is 2.30. The molecule has 2 amide bonds. The molecule has 1 N–H and O–H groups in total. The number of hydrogen-bond donors (Lipinski definition) is 1. The van der Waals surface area contributed by atoms with Crippen molar-refractivity contribution < 1.29 is 33.3 Å². The summed E-state index contributed by atoms with van der Waals surface area (Å²) < 4.78 is 22.5. The van der Waals surface area contributed by atoms with Crippen LogP contribution >= 0.6 is 0 Å². The van der Waals surface area contributed by atoms with Crippen molar-refractivity contribution in [3.63, 3.8) is 0 Å². The van der Waals surface area contributed by atoms with Crippen molar-refractivity contribution >= 4 is 18.3 Å². The largest absolute Gasteiger partial charge is 0.509 e. The third-order valence-corrected chi connectivity index (χ3v) is 5.88. The minimum atomic E-state index is -1.01. The number of benzene rings is 2. The van der Waals surface area contributed by atoms with E-state index in [1.54, 1.807) is 53.7 Å². The number of rotatable bonds is 6. The van der Waals surface area contributed by atoms with Gasteiger partial charge in [0.2, 0.25) is 0 Å². The molecule has 1 aliphatic rings. The van der Waals surface area contributed by atoms with E-state index in [2.05, 4.69) is 11.2 Å². The van der Waals surface area contributed by atoms with E-state index in [9.17, 15) is 14.4 Å². The Morgan fingerprint density at radius 1 is 0.900 bits per heavy atom. The number of carbonyl (C=O) groups is 3. The number of carbonyl (C=O) groups excluding carboxylic acids is 3. The highest BCUT2D eigenvalue weighted by molar-refractivity contribution is 5.71. The van der Waals surface area contributed by atoms with Crippen LogP contribution in [0.15, 0.2) is 54.6 Å². The summed E-state index contributed by atoms with van der Waals surface area (Å²) in [6.45, 7) is 10.6.